The standard InChI is InChI=1S/C12H5Cl2F4N/c13-6-1-2-9(14)7(5-6)11-10(15)8(3-4-19-11)12(16,17)18/h1-5H. The van der Waals surface area contributed by atoms with Gasteiger partial charge in [-0.3, -0.25) is 4.98 Å². The summed E-state index contributed by atoms with van der Waals surface area (Å²) in [5.74, 6) is -1.47. The number of rotatable bonds is 1. The molecule has 0 saturated carbocycles. The van der Waals surface area contributed by atoms with E-state index in [0.717, 1.165) is 6.20 Å². The molecule has 0 radical (unpaired) electrons. The van der Waals surface area contributed by atoms with Crippen molar-refractivity contribution in [2.75, 3.05) is 0 Å². The number of pyridine rings is 1. The molecule has 0 bridgehead atoms. The van der Waals surface area contributed by atoms with Gasteiger partial charge >= 0.3 is 6.18 Å². The van der Waals surface area contributed by atoms with E-state index in [1.54, 1.807) is 0 Å². The van der Waals surface area contributed by atoms with E-state index in [9.17, 15) is 17.6 Å². The van der Waals surface area contributed by atoms with Crippen LogP contribution in [0.3, 0.4) is 0 Å². The summed E-state index contributed by atoms with van der Waals surface area (Å²) in [5.41, 5.74) is -1.87. The molecule has 1 aromatic carbocycles. The average Bonchev–Trinajstić information content (AvgIpc) is 2.31. The normalized spacial score (nSPS) is 11.7. The van der Waals surface area contributed by atoms with Gasteiger partial charge in [0.1, 0.15) is 5.69 Å². The smallest absolute Gasteiger partial charge is 0.253 e. The minimum atomic E-state index is -4.80. The van der Waals surface area contributed by atoms with Crippen molar-refractivity contribution in [3.8, 4) is 11.3 Å². The van der Waals surface area contributed by atoms with Crippen molar-refractivity contribution in [2.24, 2.45) is 0 Å². The molecule has 1 aromatic heterocycles. The number of benzene rings is 1. The van der Waals surface area contributed by atoms with E-state index in [1.807, 2.05) is 0 Å². The molecule has 2 rings (SSSR count). The molecular formula is C12H5Cl2F4N. The highest BCUT2D eigenvalue weighted by atomic mass is 35.5. The summed E-state index contributed by atoms with van der Waals surface area (Å²) < 4.78 is 51.7. The fraction of sp³-hybridized carbons (Fsp3) is 0.0833. The van der Waals surface area contributed by atoms with Gasteiger partial charge < -0.3 is 0 Å². The summed E-state index contributed by atoms with van der Waals surface area (Å²) in [6.07, 6.45) is -3.93. The third-order valence-corrected chi connectivity index (χ3v) is 2.94. The predicted octanol–water partition coefficient (Wildman–Crippen LogP) is 5.21. The van der Waals surface area contributed by atoms with Crippen LogP contribution in [0.4, 0.5) is 17.6 Å². The molecule has 1 nitrogen and oxygen atoms in total. The van der Waals surface area contributed by atoms with Crippen molar-refractivity contribution in [3.05, 3.63) is 51.9 Å². The van der Waals surface area contributed by atoms with Crippen LogP contribution in [0.2, 0.25) is 10.0 Å². The number of halogens is 6. The van der Waals surface area contributed by atoms with E-state index in [4.69, 9.17) is 23.2 Å². The predicted molar refractivity (Wildman–Crippen MR) is 64.7 cm³/mol. The summed E-state index contributed by atoms with van der Waals surface area (Å²) in [6, 6.07) is 4.63. The highest BCUT2D eigenvalue weighted by molar-refractivity contribution is 6.35. The molecule has 100 valence electrons. The van der Waals surface area contributed by atoms with Gasteiger partial charge in [-0.2, -0.15) is 13.2 Å². The molecule has 0 spiro atoms. The van der Waals surface area contributed by atoms with Crippen LogP contribution in [-0.2, 0) is 6.18 Å². The minimum Gasteiger partial charge on any atom is -0.253 e. The van der Waals surface area contributed by atoms with Crippen molar-refractivity contribution in [2.45, 2.75) is 6.18 Å². The summed E-state index contributed by atoms with van der Waals surface area (Å²) in [5, 5.41) is 0.285. The highest BCUT2D eigenvalue weighted by Crippen LogP contribution is 2.37. The van der Waals surface area contributed by atoms with Gasteiger partial charge in [0.2, 0.25) is 0 Å². The zero-order chi connectivity index (χ0) is 14.2. The molecule has 0 atom stereocenters. The van der Waals surface area contributed by atoms with E-state index in [0.29, 0.717) is 6.07 Å². The van der Waals surface area contributed by atoms with Crippen LogP contribution in [0.5, 0.6) is 0 Å². The van der Waals surface area contributed by atoms with Crippen molar-refractivity contribution in [1.29, 1.82) is 0 Å². The Bertz CT molecular complexity index is 626. The first kappa shape index (κ1) is 14.1. The lowest BCUT2D eigenvalue weighted by atomic mass is 10.1. The maximum atomic E-state index is 13.9. The largest absolute Gasteiger partial charge is 0.419 e. The van der Waals surface area contributed by atoms with Gasteiger partial charge in [0.25, 0.3) is 0 Å². The zero-order valence-corrected chi connectivity index (χ0v) is 10.6. The van der Waals surface area contributed by atoms with Gasteiger partial charge in [0.05, 0.1) is 10.6 Å². The molecule has 0 aliphatic rings. The molecule has 0 aliphatic carbocycles. The van der Waals surface area contributed by atoms with Crippen molar-refractivity contribution in [1.82, 2.24) is 4.98 Å². The first-order chi connectivity index (χ1) is 8.80. The average molecular weight is 310 g/mol. The monoisotopic (exact) mass is 309 g/mol. The lowest BCUT2D eigenvalue weighted by Crippen LogP contribution is -2.09. The maximum Gasteiger partial charge on any atom is 0.419 e. The van der Waals surface area contributed by atoms with Crippen LogP contribution in [0.1, 0.15) is 5.56 Å². The molecular weight excluding hydrogens is 305 g/mol. The molecule has 0 saturated heterocycles. The van der Waals surface area contributed by atoms with Gasteiger partial charge in [0.15, 0.2) is 5.82 Å². The summed E-state index contributed by atoms with van der Waals surface area (Å²) in [4.78, 5) is 3.61. The number of nitrogens with zero attached hydrogens (tertiary/aromatic N) is 1. The fourth-order valence-corrected chi connectivity index (χ4v) is 1.91. The van der Waals surface area contributed by atoms with Crippen LogP contribution in [0.25, 0.3) is 11.3 Å². The van der Waals surface area contributed by atoms with Crippen molar-refractivity contribution >= 4 is 23.2 Å². The van der Waals surface area contributed by atoms with Gasteiger partial charge in [-0.15, -0.1) is 0 Å². The number of hydrogen-bond acceptors (Lipinski definition) is 1. The SMILES string of the molecule is Fc1c(C(F)(F)F)ccnc1-c1cc(Cl)ccc1Cl. The molecule has 2 aromatic rings. The first-order valence-electron chi connectivity index (χ1n) is 4.98. The first-order valence-corrected chi connectivity index (χ1v) is 5.73. The van der Waals surface area contributed by atoms with E-state index in [1.165, 1.54) is 18.2 Å². The molecule has 1 heterocycles. The second kappa shape index (κ2) is 4.98. The summed E-state index contributed by atoms with van der Waals surface area (Å²) >= 11 is 11.5. The summed E-state index contributed by atoms with van der Waals surface area (Å²) in [7, 11) is 0. The Kier molecular flexibility index (Phi) is 3.69. The Balaban J connectivity index is 2.67. The van der Waals surface area contributed by atoms with Gasteiger partial charge in [-0.1, -0.05) is 23.2 Å². The molecule has 0 aliphatic heterocycles. The van der Waals surface area contributed by atoms with Gasteiger partial charge in [-0.05, 0) is 24.3 Å². The van der Waals surface area contributed by atoms with Crippen molar-refractivity contribution in [3.63, 3.8) is 0 Å². The molecule has 0 fully saturated rings. The van der Waals surface area contributed by atoms with E-state index >= 15 is 0 Å². The Morgan fingerprint density at radius 3 is 2.37 bits per heavy atom. The number of alkyl halides is 3. The van der Waals surface area contributed by atoms with Crippen molar-refractivity contribution < 1.29 is 17.6 Å². The summed E-state index contributed by atoms with van der Waals surface area (Å²) in [6.45, 7) is 0. The second-order valence-corrected chi connectivity index (χ2v) is 4.49. The highest BCUT2D eigenvalue weighted by Gasteiger charge is 2.35. The lowest BCUT2D eigenvalue weighted by molar-refractivity contribution is -0.140. The Labute approximate surface area is 115 Å². The van der Waals surface area contributed by atoms with Crippen LogP contribution in [0, 0.1) is 5.82 Å². The third-order valence-electron chi connectivity index (χ3n) is 2.38. The van der Waals surface area contributed by atoms with Crippen LogP contribution >= 0.6 is 23.2 Å². The van der Waals surface area contributed by atoms with E-state index < -0.39 is 23.3 Å². The number of hydrogen-bond donors (Lipinski definition) is 0. The van der Waals surface area contributed by atoms with E-state index in [-0.39, 0.29) is 15.6 Å². The lowest BCUT2D eigenvalue weighted by Gasteiger charge is -2.11. The minimum absolute atomic E-state index is 0.0118. The molecule has 7 heteroatoms. The maximum absolute atomic E-state index is 13.9. The van der Waals surface area contributed by atoms with Gasteiger partial charge in [-0.25, -0.2) is 4.39 Å². The molecule has 0 N–H and O–H groups in total. The fourth-order valence-electron chi connectivity index (χ4n) is 1.53. The Morgan fingerprint density at radius 2 is 1.74 bits per heavy atom. The molecule has 19 heavy (non-hydrogen) atoms. The zero-order valence-electron chi connectivity index (χ0n) is 9.10. The second-order valence-electron chi connectivity index (χ2n) is 3.64. The van der Waals surface area contributed by atoms with E-state index in [2.05, 4.69) is 4.98 Å². The molecule has 0 amide bonds. The van der Waals surface area contributed by atoms with Crippen LogP contribution in [-0.4, -0.2) is 4.98 Å². The van der Waals surface area contributed by atoms with Crippen LogP contribution in [0.15, 0.2) is 30.5 Å². The van der Waals surface area contributed by atoms with Gasteiger partial charge in [0, 0.05) is 16.8 Å². The Hall–Kier alpha value is -1.33. The van der Waals surface area contributed by atoms with Crippen LogP contribution < -0.4 is 0 Å². The Morgan fingerprint density at radius 1 is 1.05 bits per heavy atom. The molecule has 0 unspecified atom stereocenters. The number of aromatic nitrogens is 1. The third kappa shape index (κ3) is 2.82. The quantitative estimate of drug-likeness (QED) is 0.659. The topological polar surface area (TPSA) is 12.9 Å².